The first-order chi connectivity index (χ1) is 9.41. The molecule has 3 aromatic rings. The first-order valence-corrected chi connectivity index (χ1v) is 6.52. The number of halogens is 5. The van der Waals surface area contributed by atoms with Crippen LogP contribution in [-0.2, 0) is 6.18 Å². The van der Waals surface area contributed by atoms with Gasteiger partial charge >= 0.3 is 6.18 Å². The summed E-state index contributed by atoms with van der Waals surface area (Å²) < 4.78 is 39.4. The zero-order valence-corrected chi connectivity index (χ0v) is 11.4. The number of rotatable bonds is 0. The number of fused-ring (bicyclic) bond motifs is 2. The molecule has 0 aliphatic heterocycles. The molecule has 0 nitrogen and oxygen atoms in total. The topological polar surface area (TPSA) is 0 Å². The molecule has 0 spiro atoms. The van der Waals surface area contributed by atoms with E-state index in [1.54, 1.807) is 30.3 Å². The van der Waals surface area contributed by atoms with E-state index in [-0.39, 0.29) is 15.4 Å². The van der Waals surface area contributed by atoms with Gasteiger partial charge in [0.15, 0.2) is 0 Å². The Labute approximate surface area is 122 Å². The Morgan fingerprint density at radius 3 is 1.85 bits per heavy atom. The summed E-state index contributed by atoms with van der Waals surface area (Å²) in [5, 5.41) is 1.78. The molecule has 0 bridgehead atoms. The van der Waals surface area contributed by atoms with Crippen LogP contribution in [0.4, 0.5) is 13.2 Å². The van der Waals surface area contributed by atoms with Gasteiger partial charge in [-0.25, -0.2) is 0 Å². The molecular formula is C15H7Cl2F3. The van der Waals surface area contributed by atoms with Gasteiger partial charge in [-0.05, 0) is 6.07 Å². The fourth-order valence-electron chi connectivity index (χ4n) is 2.35. The van der Waals surface area contributed by atoms with E-state index in [9.17, 15) is 13.2 Å². The monoisotopic (exact) mass is 314 g/mol. The lowest BCUT2D eigenvalue weighted by Gasteiger charge is -2.15. The van der Waals surface area contributed by atoms with Crippen molar-refractivity contribution in [2.45, 2.75) is 6.18 Å². The second-order valence-electron chi connectivity index (χ2n) is 4.40. The zero-order chi connectivity index (χ0) is 14.5. The number of alkyl halides is 3. The summed E-state index contributed by atoms with van der Waals surface area (Å²) in [5.74, 6) is 0. The zero-order valence-electron chi connectivity index (χ0n) is 9.93. The molecule has 3 aromatic carbocycles. The van der Waals surface area contributed by atoms with Crippen molar-refractivity contribution in [3.8, 4) is 0 Å². The molecule has 0 N–H and O–H groups in total. The maximum absolute atomic E-state index is 13.1. The van der Waals surface area contributed by atoms with E-state index in [1.165, 1.54) is 6.07 Å². The molecule has 0 saturated carbocycles. The molecule has 0 fully saturated rings. The van der Waals surface area contributed by atoms with Crippen LogP contribution >= 0.6 is 23.2 Å². The molecule has 0 saturated heterocycles. The summed E-state index contributed by atoms with van der Waals surface area (Å²) in [6.45, 7) is 0. The second-order valence-corrected chi connectivity index (χ2v) is 5.16. The summed E-state index contributed by atoms with van der Waals surface area (Å²) in [7, 11) is 0. The number of hydrogen-bond acceptors (Lipinski definition) is 0. The molecule has 0 aromatic heterocycles. The van der Waals surface area contributed by atoms with Crippen molar-refractivity contribution in [3.05, 3.63) is 58.1 Å². The highest BCUT2D eigenvalue weighted by molar-refractivity contribution is 6.47. The third-order valence-corrected chi connectivity index (χ3v) is 4.03. The summed E-state index contributed by atoms with van der Waals surface area (Å²) in [6, 6.07) is 10.8. The fraction of sp³-hybridized carbons (Fsp3) is 0.0667. The average molecular weight is 315 g/mol. The van der Waals surface area contributed by atoms with Crippen molar-refractivity contribution in [1.82, 2.24) is 0 Å². The van der Waals surface area contributed by atoms with Crippen LogP contribution in [0, 0.1) is 0 Å². The lowest BCUT2D eigenvalue weighted by molar-refractivity contribution is -0.136. The van der Waals surface area contributed by atoms with E-state index in [1.807, 2.05) is 0 Å². The fourth-order valence-corrected chi connectivity index (χ4v) is 3.04. The van der Waals surface area contributed by atoms with Gasteiger partial charge in [-0.15, -0.1) is 0 Å². The maximum atomic E-state index is 13.1. The smallest absolute Gasteiger partial charge is 0.166 e. The first-order valence-electron chi connectivity index (χ1n) is 5.77. The standard InChI is InChI=1S/C15H7Cl2F3/c16-13-8-4-1-2-5-9(8)14(17)12-10(13)6-3-7-11(12)15(18,19)20/h1-7H. The highest BCUT2D eigenvalue weighted by Crippen LogP contribution is 2.44. The molecule has 0 unspecified atom stereocenters. The second kappa shape index (κ2) is 4.54. The van der Waals surface area contributed by atoms with Crippen molar-refractivity contribution >= 4 is 44.7 Å². The van der Waals surface area contributed by atoms with Crippen molar-refractivity contribution in [2.24, 2.45) is 0 Å². The summed E-state index contributed by atoms with van der Waals surface area (Å²) >= 11 is 12.4. The van der Waals surface area contributed by atoms with E-state index in [0.717, 1.165) is 6.07 Å². The van der Waals surface area contributed by atoms with Crippen LogP contribution < -0.4 is 0 Å². The van der Waals surface area contributed by atoms with E-state index < -0.39 is 11.7 Å². The lowest BCUT2D eigenvalue weighted by atomic mass is 9.99. The van der Waals surface area contributed by atoms with Crippen LogP contribution in [0.5, 0.6) is 0 Å². The minimum absolute atomic E-state index is 0.0506. The van der Waals surface area contributed by atoms with Gasteiger partial charge in [0.1, 0.15) is 0 Å². The quantitative estimate of drug-likeness (QED) is 0.426. The highest BCUT2D eigenvalue weighted by Gasteiger charge is 2.33. The van der Waals surface area contributed by atoms with Crippen molar-refractivity contribution < 1.29 is 13.2 Å². The number of benzene rings is 3. The van der Waals surface area contributed by atoms with Gasteiger partial charge in [-0.1, -0.05) is 59.6 Å². The van der Waals surface area contributed by atoms with Gasteiger partial charge in [0.2, 0.25) is 0 Å². The Morgan fingerprint density at radius 1 is 0.700 bits per heavy atom. The van der Waals surface area contributed by atoms with Crippen LogP contribution in [0.1, 0.15) is 5.56 Å². The molecule has 0 aliphatic carbocycles. The van der Waals surface area contributed by atoms with E-state index in [0.29, 0.717) is 16.2 Å². The molecule has 3 rings (SSSR count). The summed E-state index contributed by atoms with van der Waals surface area (Å²) in [4.78, 5) is 0. The summed E-state index contributed by atoms with van der Waals surface area (Å²) in [5.41, 5.74) is -0.771. The third-order valence-electron chi connectivity index (χ3n) is 3.23. The first kappa shape index (κ1) is 13.5. The van der Waals surface area contributed by atoms with Gasteiger partial charge in [0, 0.05) is 21.5 Å². The SMILES string of the molecule is FC(F)(F)c1cccc2c(Cl)c3ccccc3c(Cl)c12. The maximum Gasteiger partial charge on any atom is 0.417 e. The van der Waals surface area contributed by atoms with Crippen LogP contribution in [0.3, 0.4) is 0 Å². The highest BCUT2D eigenvalue weighted by atomic mass is 35.5. The van der Waals surface area contributed by atoms with Crippen molar-refractivity contribution in [1.29, 1.82) is 0 Å². The Morgan fingerprint density at radius 2 is 1.25 bits per heavy atom. The van der Waals surface area contributed by atoms with E-state index >= 15 is 0 Å². The molecule has 0 heterocycles. The Kier molecular flexibility index (Phi) is 3.07. The minimum atomic E-state index is -4.48. The van der Waals surface area contributed by atoms with Crippen LogP contribution in [0.15, 0.2) is 42.5 Å². The molecule has 5 heteroatoms. The van der Waals surface area contributed by atoms with Gasteiger partial charge in [0.25, 0.3) is 0 Å². The van der Waals surface area contributed by atoms with E-state index in [4.69, 9.17) is 23.2 Å². The minimum Gasteiger partial charge on any atom is -0.166 e. The molecule has 0 atom stereocenters. The predicted octanol–water partition coefficient (Wildman–Crippen LogP) is 6.32. The van der Waals surface area contributed by atoms with Crippen LogP contribution in [0.25, 0.3) is 21.5 Å². The average Bonchev–Trinajstić information content (AvgIpc) is 2.43. The molecule has 0 aliphatic rings. The van der Waals surface area contributed by atoms with Gasteiger partial charge < -0.3 is 0 Å². The predicted molar refractivity (Wildman–Crippen MR) is 76.5 cm³/mol. The molecular weight excluding hydrogens is 308 g/mol. The Hall–Kier alpha value is -1.45. The molecule has 0 amide bonds. The van der Waals surface area contributed by atoms with Gasteiger partial charge in [0.05, 0.1) is 15.6 Å². The van der Waals surface area contributed by atoms with Crippen LogP contribution in [-0.4, -0.2) is 0 Å². The molecule has 0 radical (unpaired) electrons. The third kappa shape index (κ3) is 1.93. The largest absolute Gasteiger partial charge is 0.417 e. The molecule has 20 heavy (non-hydrogen) atoms. The van der Waals surface area contributed by atoms with E-state index in [2.05, 4.69) is 0 Å². The Balaban J connectivity index is 2.60. The van der Waals surface area contributed by atoms with Gasteiger partial charge in [-0.2, -0.15) is 13.2 Å². The number of hydrogen-bond donors (Lipinski definition) is 0. The molecule has 102 valence electrons. The normalized spacial score (nSPS) is 12.2. The Bertz CT molecular complexity index is 823. The lowest BCUT2D eigenvalue weighted by Crippen LogP contribution is -2.06. The summed E-state index contributed by atoms with van der Waals surface area (Å²) in [6.07, 6.45) is -4.48. The van der Waals surface area contributed by atoms with Gasteiger partial charge in [-0.3, -0.25) is 0 Å². The van der Waals surface area contributed by atoms with Crippen molar-refractivity contribution in [2.75, 3.05) is 0 Å². The van der Waals surface area contributed by atoms with Crippen LogP contribution in [0.2, 0.25) is 10.0 Å². The van der Waals surface area contributed by atoms with Crippen molar-refractivity contribution in [3.63, 3.8) is 0 Å².